The van der Waals surface area contributed by atoms with Crippen LogP contribution in [-0.4, -0.2) is 17.6 Å². The topological polar surface area (TPSA) is 52.3 Å². The highest BCUT2D eigenvalue weighted by molar-refractivity contribution is 5.86. The van der Waals surface area contributed by atoms with Gasteiger partial charge in [-0.05, 0) is 13.0 Å². The highest BCUT2D eigenvalue weighted by Crippen LogP contribution is 2.02. The molecule has 70 valence electrons. The fourth-order valence-corrected chi connectivity index (χ4v) is 0.801. The molecule has 0 bridgehead atoms. The number of hydrogen-bond donors (Lipinski definition) is 0. The molecule has 0 atom stereocenters. The van der Waals surface area contributed by atoms with Crippen molar-refractivity contribution >= 4 is 12.0 Å². The number of carbonyl (C=O) groups is 1. The summed E-state index contributed by atoms with van der Waals surface area (Å²) in [7, 11) is 0. The highest BCUT2D eigenvalue weighted by atomic mass is 16.5. The predicted molar refractivity (Wildman–Crippen MR) is 46.9 cm³/mol. The molecule has 0 aliphatic rings. The molecule has 0 saturated carbocycles. The van der Waals surface area contributed by atoms with Crippen LogP contribution in [0.1, 0.15) is 18.5 Å². The van der Waals surface area contributed by atoms with Crippen molar-refractivity contribution in [2.75, 3.05) is 6.61 Å². The standard InChI is InChI=1S/C9H11NO3/c1-3-12-9(11)5-4-8-6-13-7(2)10-8/h4-6H,3H2,1-2H3/b5-4+. The lowest BCUT2D eigenvalue weighted by atomic mass is 10.4. The number of carbonyl (C=O) groups excluding carboxylic acids is 1. The fourth-order valence-electron chi connectivity index (χ4n) is 0.801. The highest BCUT2D eigenvalue weighted by Gasteiger charge is 1.97. The summed E-state index contributed by atoms with van der Waals surface area (Å²) in [6, 6.07) is 0. The average Bonchev–Trinajstić information content (AvgIpc) is 2.49. The maximum absolute atomic E-state index is 10.9. The van der Waals surface area contributed by atoms with Crippen molar-refractivity contribution in [1.29, 1.82) is 0 Å². The van der Waals surface area contributed by atoms with E-state index in [9.17, 15) is 4.79 Å². The maximum Gasteiger partial charge on any atom is 0.330 e. The summed E-state index contributed by atoms with van der Waals surface area (Å²) < 4.78 is 9.63. The van der Waals surface area contributed by atoms with Gasteiger partial charge in [-0.25, -0.2) is 9.78 Å². The van der Waals surface area contributed by atoms with Crippen molar-refractivity contribution in [3.8, 4) is 0 Å². The lowest BCUT2D eigenvalue weighted by Gasteiger charge is -1.92. The van der Waals surface area contributed by atoms with Gasteiger partial charge < -0.3 is 9.15 Å². The van der Waals surface area contributed by atoms with Gasteiger partial charge in [-0.3, -0.25) is 0 Å². The number of nitrogens with zero attached hydrogens (tertiary/aromatic N) is 1. The first kappa shape index (κ1) is 9.51. The fraction of sp³-hybridized carbons (Fsp3) is 0.333. The lowest BCUT2D eigenvalue weighted by molar-refractivity contribution is -0.137. The zero-order chi connectivity index (χ0) is 9.68. The van der Waals surface area contributed by atoms with Gasteiger partial charge >= 0.3 is 5.97 Å². The van der Waals surface area contributed by atoms with Gasteiger partial charge in [-0.2, -0.15) is 0 Å². The molecule has 0 aromatic carbocycles. The maximum atomic E-state index is 10.9. The summed E-state index contributed by atoms with van der Waals surface area (Å²) in [6.45, 7) is 3.87. The summed E-state index contributed by atoms with van der Waals surface area (Å²) in [5, 5.41) is 0. The molecule has 0 radical (unpaired) electrons. The van der Waals surface area contributed by atoms with E-state index in [4.69, 9.17) is 4.42 Å². The van der Waals surface area contributed by atoms with E-state index < -0.39 is 0 Å². The summed E-state index contributed by atoms with van der Waals surface area (Å²) in [5.41, 5.74) is 0.616. The number of aryl methyl sites for hydroxylation is 1. The minimum absolute atomic E-state index is 0.372. The third-order valence-electron chi connectivity index (χ3n) is 1.31. The molecule has 1 rings (SSSR count). The van der Waals surface area contributed by atoms with Gasteiger partial charge in [0.15, 0.2) is 5.89 Å². The lowest BCUT2D eigenvalue weighted by Crippen LogP contribution is -1.98. The van der Waals surface area contributed by atoms with Crippen molar-refractivity contribution in [3.05, 3.63) is 23.9 Å². The van der Waals surface area contributed by atoms with Crippen molar-refractivity contribution < 1.29 is 13.9 Å². The molecule has 0 spiro atoms. The van der Waals surface area contributed by atoms with Crippen LogP contribution in [0.25, 0.3) is 6.08 Å². The van der Waals surface area contributed by atoms with E-state index in [1.165, 1.54) is 12.3 Å². The van der Waals surface area contributed by atoms with Gasteiger partial charge in [-0.1, -0.05) is 0 Å². The minimum atomic E-state index is -0.372. The van der Waals surface area contributed by atoms with Crippen molar-refractivity contribution in [2.45, 2.75) is 13.8 Å². The first-order chi connectivity index (χ1) is 6.22. The molecule has 0 saturated heterocycles. The smallest absolute Gasteiger partial charge is 0.330 e. The normalized spacial score (nSPS) is 10.6. The molecule has 0 N–H and O–H groups in total. The molecule has 4 heteroatoms. The molecule has 13 heavy (non-hydrogen) atoms. The van der Waals surface area contributed by atoms with E-state index in [0.717, 1.165) is 0 Å². The van der Waals surface area contributed by atoms with E-state index in [2.05, 4.69) is 9.72 Å². The molecular formula is C9H11NO3. The van der Waals surface area contributed by atoms with Crippen LogP contribution in [0.15, 0.2) is 16.8 Å². The number of oxazole rings is 1. The average molecular weight is 181 g/mol. The predicted octanol–water partition coefficient (Wildman–Crippen LogP) is 1.56. The quantitative estimate of drug-likeness (QED) is 0.524. The molecule has 0 fully saturated rings. The third-order valence-corrected chi connectivity index (χ3v) is 1.31. The summed E-state index contributed by atoms with van der Waals surface area (Å²) >= 11 is 0. The molecule has 1 aromatic heterocycles. The molecule has 1 heterocycles. The van der Waals surface area contributed by atoms with Gasteiger partial charge in [0.25, 0.3) is 0 Å². The summed E-state index contributed by atoms with van der Waals surface area (Å²) in [6.07, 6.45) is 4.35. The van der Waals surface area contributed by atoms with Gasteiger partial charge in [-0.15, -0.1) is 0 Å². The molecule has 0 amide bonds. The van der Waals surface area contributed by atoms with Crippen LogP contribution in [-0.2, 0) is 9.53 Å². The van der Waals surface area contributed by atoms with Crippen LogP contribution in [0.2, 0.25) is 0 Å². The largest absolute Gasteiger partial charge is 0.463 e. The Bertz CT molecular complexity index is 314. The van der Waals surface area contributed by atoms with E-state index >= 15 is 0 Å². The van der Waals surface area contributed by atoms with Crippen LogP contribution >= 0.6 is 0 Å². The van der Waals surface area contributed by atoms with Gasteiger partial charge in [0.2, 0.25) is 0 Å². The summed E-state index contributed by atoms with van der Waals surface area (Å²) in [5.74, 6) is 0.201. The number of rotatable bonds is 3. The number of aromatic nitrogens is 1. The van der Waals surface area contributed by atoms with E-state index in [0.29, 0.717) is 18.2 Å². The van der Waals surface area contributed by atoms with Crippen LogP contribution in [0.3, 0.4) is 0 Å². The first-order valence-corrected chi connectivity index (χ1v) is 3.99. The molecule has 0 aliphatic heterocycles. The van der Waals surface area contributed by atoms with Crippen LogP contribution < -0.4 is 0 Å². The second-order valence-electron chi connectivity index (χ2n) is 2.38. The Morgan fingerprint density at radius 1 is 1.77 bits per heavy atom. The Morgan fingerprint density at radius 3 is 3.08 bits per heavy atom. The molecule has 4 nitrogen and oxygen atoms in total. The second-order valence-corrected chi connectivity index (χ2v) is 2.38. The Morgan fingerprint density at radius 2 is 2.54 bits per heavy atom. The Hall–Kier alpha value is -1.58. The van der Waals surface area contributed by atoms with E-state index in [-0.39, 0.29) is 5.97 Å². The van der Waals surface area contributed by atoms with Gasteiger partial charge in [0.1, 0.15) is 12.0 Å². The minimum Gasteiger partial charge on any atom is -0.463 e. The zero-order valence-electron chi connectivity index (χ0n) is 7.61. The Balaban J connectivity index is 2.53. The third kappa shape index (κ3) is 3.11. The first-order valence-electron chi connectivity index (χ1n) is 3.99. The molecule has 1 aromatic rings. The zero-order valence-corrected chi connectivity index (χ0v) is 7.61. The Labute approximate surface area is 76.2 Å². The number of ether oxygens (including phenoxy) is 1. The van der Waals surface area contributed by atoms with Crippen LogP contribution in [0, 0.1) is 6.92 Å². The number of esters is 1. The van der Waals surface area contributed by atoms with E-state index in [1.54, 1.807) is 19.9 Å². The van der Waals surface area contributed by atoms with Crippen LogP contribution in [0.5, 0.6) is 0 Å². The van der Waals surface area contributed by atoms with Gasteiger partial charge in [0, 0.05) is 13.0 Å². The monoisotopic (exact) mass is 181 g/mol. The van der Waals surface area contributed by atoms with Gasteiger partial charge in [0.05, 0.1) is 6.61 Å². The number of hydrogen-bond acceptors (Lipinski definition) is 4. The van der Waals surface area contributed by atoms with Crippen LogP contribution in [0.4, 0.5) is 0 Å². The van der Waals surface area contributed by atoms with E-state index in [1.807, 2.05) is 0 Å². The molecule has 0 unspecified atom stereocenters. The second kappa shape index (κ2) is 4.45. The van der Waals surface area contributed by atoms with Crippen molar-refractivity contribution in [3.63, 3.8) is 0 Å². The summed E-state index contributed by atoms with van der Waals surface area (Å²) in [4.78, 5) is 14.8. The SMILES string of the molecule is CCOC(=O)/C=C/c1coc(C)n1. The van der Waals surface area contributed by atoms with Crippen molar-refractivity contribution in [2.24, 2.45) is 0 Å². The van der Waals surface area contributed by atoms with Crippen molar-refractivity contribution in [1.82, 2.24) is 4.98 Å². The Kier molecular flexibility index (Phi) is 3.25. The molecule has 0 aliphatic carbocycles. The molecular weight excluding hydrogens is 170 g/mol.